The minimum atomic E-state index is -0.326. The highest BCUT2D eigenvalue weighted by Crippen LogP contribution is 2.32. The molecule has 3 aliphatic rings. The maximum Gasteiger partial charge on any atom is 0.331 e. The lowest BCUT2D eigenvalue weighted by Gasteiger charge is -2.37. The summed E-state index contributed by atoms with van der Waals surface area (Å²) >= 11 is 0. The quantitative estimate of drug-likeness (QED) is 0.624. The van der Waals surface area contributed by atoms with Crippen LogP contribution in [0.5, 0.6) is 5.75 Å². The number of amides is 2. The number of aromatic nitrogens is 2. The van der Waals surface area contributed by atoms with Gasteiger partial charge in [0.15, 0.2) is 0 Å². The van der Waals surface area contributed by atoms with Gasteiger partial charge in [0.1, 0.15) is 5.75 Å². The second kappa shape index (κ2) is 9.51. The van der Waals surface area contributed by atoms with Crippen LogP contribution in [0.4, 0.5) is 0 Å². The molecule has 9 nitrogen and oxygen atoms in total. The maximum atomic E-state index is 13.1. The molecule has 2 heterocycles. The van der Waals surface area contributed by atoms with Crippen molar-refractivity contribution in [1.82, 2.24) is 18.9 Å². The number of hydrogen-bond donors (Lipinski definition) is 0. The minimum absolute atomic E-state index is 0.0633. The largest absolute Gasteiger partial charge is 0.497 e. The van der Waals surface area contributed by atoms with Gasteiger partial charge in [0.25, 0.3) is 5.56 Å². The molecule has 188 valence electrons. The van der Waals surface area contributed by atoms with Crippen molar-refractivity contribution >= 4 is 22.7 Å². The molecule has 2 aromatic rings. The highest BCUT2D eigenvalue weighted by molar-refractivity contribution is 5.87. The highest BCUT2D eigenvalue weighted by atomic mass is 16.5. The molecule has 1 saturated heterocycles. The van der Waals surface area contributed by atoms with Crippen LogP contribution in [-0.4, -0.2) is 64.0 Å². The Hall–Kier alpha value is -3.10. The van der Waals surface area contributed by atoms with E-state index in [0.717, 1.165) is 32.2 Å². The van der Waals surface area contributed by atoms with Gasteiger partial charge in [-0.25, -0.2) is 4.79 Å². The van der Waals surface area contributed by atoms with E-state index >= 15 is 0 Å². The number of aryl methyl sites for hydroxylation is 1. The molecule has 0 spiro atoms. The van der Waals surface area contributed by atoms with Crippen molar-refractivity contribution in [1.29, 1.82) is 0 Å². The number of piperazine rings is 1. The molecule has 0 radical (unpaired) electrons. The van der Waals surface area contributed by atoms with E-state index < -0.39 is 0 Å². The van der Waals surface area contributed by atoms with Crippen molar-refractivity contribution in [2.75, 3.05) is 33.3 Å². The molecule has 5 rings (SSSR count). The Bertz CT molecular complexity index is 1250. The molecule has 0 N–H and O–H groups in total. The number of nitrogens with zero attached hydrogens (tertiary/aromatic N) is 4. The topological polar surface area (TPSA) is 93.8 Å². The van der Waals surface area contributed by atoms with E-state index in [1.807, 2.05) is 4.90 Å². The number of carbonyl (C=O) groups is 2. The van der Waals surface area contributed by atoms with Gasteiger partial charge in [-0.2, -0.15) is 0 Å². The molecule has 0 unspecified atom stereocenters. The summed E-state index contributed by atoms with van der Waals surface area (Å²) in [7, 11) is 3.22. The second-order valence-corrected chi connectivity index (χ2v) is 10.4. The lowest BCUT2D eigenvalue weighted by molar-refractivity contribution is -0.148. The van der Waals surface area contributed by atoms with Gasteiger partial charge in [-0.1, -0.05) is 0 Å². The van der Waals surface area contributed by atoms with Gasteiger partial charge in [0, 0.05) is 39.1 Å². The third-order valence-electron chi connectivity index (χ3n) is 8.00. The number of methoxy groups -OCH3 is 1. The van der Waals surface area contributed by atoms with Gasteiger partial charge in [0.2, 0.25) is 11.8 Å². The molecule has 9 heteroatoms. The Kier molecular flexibility index (Phi) is 6.42. The highest BCUT2D eigenvalue weighted by Gasteiger charge is 2.35. The number of hydrogen-bond acceptors (Lipinski definition) is 5. The molecule has 2 amide bonds. The van der Waals surface area contributed by atoms with Crippen LogP contribution in [-0.2, 0) is 23.2 Å². The molecule has 0 atom stereocenters. The van der Waals surface area contributed by atoms with E-state index in [1.54, 1.807) is 37.3 Å². The first-order chi connectivity index (χ1) is 16.9. The zero-order chi connectivity index (χ0) is 24.7. The summed E-state index contributed by atoms with van der Waals surface area (Å²) < 4.78 is 8.09. The fourth-order valence-corrected chi connectivity index (χ4v) is 5.59. The number of fused-ring (bicyclic) bond motifs is 1. The summed E-state index contributed by atoms with van der Waals surface area (Å²) in [4.78, 5) is 55.3. The molecule has 0 bridgehead atoms. The average Bonchev–Trinajstić information content (AvgIpc) is 3.70. The third kappa shape index (κ3) is 4.73. The van der Waals surface area contributed by atoms with Crippen LogP contribution >= 0.6 is 0 Å². The van der Waals surface area contributed by atoms with Crippen molar-refractivity contribution in [2.24, 2.45) is 24.8 Å². The molecule has 1 aromatic carbocycles. The lowest BCUT2D eigenvalue weighted by atomic mass is 9.81. The fourth-order valence-electron chi connectivity index (χ4n) is 5.59. The van der Waals surface area contributed by atoms with Crippen molar-refractivity contribution in [2.45, 2.75) is 45.1 Å². The van der Waals surface area contributed by atoms with E-state index in [4.69, 9.17) is 4.74 Å². The third-order valence-corrected chi connectivity index (χ3v) is 8.00. The van der Waals surface area contributed by atoms with Crippen LogP contribution in [0.2, 0.25) is 0 Å². The van der Waals surface area contributed by atoms with Crippen molar-refractivity contribution < 1.29 is 14.3 Å². The summed E-state index contributed by atoms with van der Waals surface area (Å²) in [5, 5.41) is 0.459. The molecule has 1 aromatic heterocycles. The minimum Gasteiger partial charge on any atom is -0.497 e. The van der Waals surface area contributed by atoms with Gasteiger partial charge in [-0.05, 0) is 68.6 Å². The Labute approximate surface area is 204 Å². The second-order valence-electron chi connectivity index (χ2n) is 10.4. The van der Waals surface area contributed by atoms with Crippen molar-refractivity contribution in [3.05, 3.63) is 39.0 Å². The average molecular weight is 483 g/mol. The van der Waals surface area contributed by atoms with Crippen LogP contribution in [0, 0.1) is 17.8 Å². The van der Waals surface area contributed by atoms with Crippen LogP contribution in [0.25, 0.3) is 10.9 Å². The first-order valence-corrected chi connectivity index (χ1v) is 12.7. The van der Waals surface area contributed by atoms with Crippen molar-refractivity contribution in [3.8, 4) is 5.75 Å². The molecular weight excluding hydrogens is 448 g/mol. The first-order valence-electron chi connectivity index (χ1n) is 12.7. The molecular formula is C26H34N4O5. The predicted octanol–water partition coefficient (Wildman–Crippen LogP) is 1.60. The van der Waals surface area contributed by atoms with Gasteiger partial charge in [0.05, 0.1) is 24.6 Å². The monoisotopic (exact) mass is 482 g/mol. The van der Waals surface area contributed by atoms with E-state index in [9.17, 15) is 19.2 Å². The van der Waals surface area contributed by atoms with E-state index in [-0.39, 0.29) is 41.4 Å². The summed E-state index contributed by atoms with van der Waals surface area (Å²) in [5.41, 5.74) is -0.0469. The summed E-state index contributed by atoms with van der Waals surface area (Å²) in [6, 6.07) is 5.15. The fraction of sp³-hybridized carbons (Fsp3) is 0.615. The lowest BCUT2D eigenvalue weighted by Crippen LogP contribution is -2.54. The van der Waals surface area contributed by atoms with Crippen LogP contribution in [0.3, 0.4) is 0 Å². The van der Waals surface area contributed by atoms with Crippen LogP contribution < -0.4 is 16.0 Å². The van der Waals surface area contributed by atoms with E-state index in [1.165, 1.54) is 22.0 Å². The van der Waals surface area contributed by atoms with Crippen LogP contribution in [0.15, 0.2) is 27.8 Å². The Morgan fingerprint density at radius 3 is 2.31 bits per heavy atom. The Morgan fingerprint density at radius 2 is 1.66 bits per heavy atom. The zero-order valence-corrected chi connectivity index (χ0v) is 20.6. The summed E-state index contributed by atoms with van der Waals surface area (Å²) in [6.45, 7) is 2.63. The normalized spacial score (nSPS) is 23.1. The molecule has 2 aliphatic carbocycles. The van der Waals surface area contributed by atoms with Crippen LogP contribution in [0.1, 0.15) is 38.5 Å². The number of ether oxygens (including phenoxy) is 1. The van der Waals surface area contributed by atoms with Gasteiger partial charge in [-0.3, -0.25) is 23.5 Å². The first kappa shape index (κ1) is 23.6. The zero-order valence-electron chi connectivity index (χ0n) is 20.6. The van der Waals surface area contributed by atoms with Gasteiger partial charge < -0.3 is 14.5 Å². The standard InChI is InChI=1S/C26H34N4O5/c1-27-22-10-9-20(35-2)13-21(22)25(33)30(26(27)34)15-18-5-7-19(8-6-18)24(32)29-12-11-28(23(31)16-29)14-17-3-4-17/h9-10,13,17-19H,3-8,11-12,14-16H2,1-2H3. The van der Waals surface area contributed by atoms with Crippen molar-refractivity contribution in [3.63, 3.8) is 0 Å². The Morgan fingerprint density at radius 1 is 0.971 bits per heavy atom. The SMILES string of the molecule is COc1ccc2c(c1)c(=O)n(CC1CCC(C(=O)N3CCN(CC4CC4)C(=O)C3)CC1)c(=O)n2C. The molecule has 3 fully saturated rings. The number of rotatable bonds is 6. The Balaban J connectivity index is 1.22. The van der Waals surface area contributed by atoms with E-state index in [2.05, 4.69) is 0 Å². The molecule has 35 heavy (non-hydrogen) atoms. The number of carbonyl (C=O) groups excluding carboxylic acids is 2. The van der Waals surface area contributed by atoms with Gasteiger partial charge >= 0.3 is 5.69 Å². The maximum absolute atomic E-state index is 13.1. The smallest absolute Gasteiger partial charge is 0.331 e. The molecule has 2 saturated carbocycles. The summed E-state index contributed by atoms with van der Waals surface area (Å²) in [6.07, 6.45) is 5.41. The summed E-state index contributed by atoms with van der Waals surface area (Å²) in [5.74, 6) is 1.44. The predicted molar refractivity (Wildman–Crippen MR) is 131 cm³/mol. The van der Waals surface area contributed by atoms with E-state index in [0.29, 0.717) is 42.2 Å². The molecule has 1 aliphatic heterocycles. The van der Waals surface area contributed by atoms with Gasteiger partial charge in [-0.15, -0.1) is 0 Å². The number of benzene rings is 1.